The van der Waals surface area contributed by atoms with Crippen LogP contribution in [0.5, 0.6) is 0 Å². The van der Waals surface area contributed by atoms with E-state index in [4.69, 9.17) is 10.00 Å². The van der Waals surface area contributed by atoms with Crippen LogP contribution in [0.3, 0.4) is 0 Å². The third-order valence-electron chi connectivity index (χ3n) is 3.88. The Labute approximate surface area is 142 Å². The summed E-state index contributed by atoms with van der Waals surface area (Å²) in [6.07, 6.45) is 4.90. The number of nitrogens with one attached hydrogen (secondary N) is 1. The fourth-order valence-electron chi connectivity index (χ4n) is 2.49. The first-order valence-corrected chi connectivity index (χ1v) is 8.09. The van der Waals surface area contributed by atoms with Gasteiger partial charge in [-0.05, 0) is 19.2 Å². The molecule has 126 valence electrons. The molecule has 0 saturated carbocycles. The summed E-state index contributed by atoms with van der Waals surface area (Å²) < 4.78 is 5.85. The van der Waals surface area contributed by atoms with E-state index in [1.165, 1.54) is 0 Å². The van der Waals surface area contributed by atoms with Crippen LogP contribution in [-0.2, 0) is 11.3 Å². The van der Waals surface area contributed by atoms with Crippen molar-refractivity contribution in [3.8, 4) is 6.07 Å². The highest BCUT2D eigenvalue weighted by Gasteiger charge is 2.12. The van der Waals surface area contributed by atoms with Gasteiger partial charge in [0.25, 0.3) is 0 Å². The predicted molar refractivity (Wildman–Crippen MR) is 96.6 cm³/mol. The lowest BCUT2D eigenvalue weighted by molar-refractivity contribution is 0.0965. The van der Waals surface area contributed by atoms with Crippen LogP contribution in [0.15, 0.2) is 29.9 Å². The molecular formula is C18H23N5O. The van der Waals surface area contributed by atoms with E-state index in [1.54, 1.807) is 24.6 Å². The van der Waals surface area contributed by atoms with Crippen molar-refractivity contribution < 1.29 is 4.74 Å². The molecule has 24 heavy (non-hydrogen) atoms. The average molecular weight is 325 g/mol. The number of pyridine rings is 1. The molecule has 2 aromatic heterocycles. The molecule has 0 atom stereocenters. The Balaban J connectivity index is 2.20. The summed E-state index contributed by atoms with van der Waals surface area (Å²) >= 11 is 0. The number of rotatable bonds is 9. The van der Waals surface area contributed by atoms with Gasteiger partial charge in [0.1, 0.15) is 17.6 Å². The number of likely N-dealkylation sites (N-methyl/N-ethyl adjacent to an activating group) is 1. The fraction of sp³-hybridized carbons (Fsp3) is 0.389. The number of hydrogen-bond acceptors (Lipinski definition) is 5. The number of aromatic amines is 1. The Morgan fingerprint density at radius 3 is 2.92 bits per heavy atom. The van der Waals surface area contributed by atoms with Gasteiger partial charge in [-0.15, -0.1) is 0 Å². The molecule has 0 radical (unpaired) electrons. The molecule has 0 spiro atoms. The Morgan fingerprint density at radius 1 is 1.46 bits per heavy atom. The Bertz CT molecular complexity index is 753. The summed E-state index contributed by atoms with van der Waals surface area (Å²) in [7, 11) is 0. The lowest BCUT2D eigenvalue weighted by Crippen LogP contribution is -2.26. The highest BCUT2D eigenvalue weighted by Crippen LogP contribution is 2.29. The minimum Gasteiger partial charge on any atom is -0.375 e. The smallest absolute Gasteiger partial charge is 0.141 e. The lowest BCUT2D eigenvalue weighted by Gasteiger charge is -2.17. The first kappa shape index (κ1) is 17.9. The van der Waals surface area contributed by atoms with E-state index >= 15 is 0 Å². The first-order valence-electron chi connectivity index (χ1n) is 8.09. The summed E-state index contributed by atoms with van der Waals surface area (Å²) in [5, 5.41) is 9.98. The van der Waals surface area contributed by atoms with Gasteiger partial charge >= 0.3 is 0 Å². The number of H-pyrrole nitrogens is 1. The van der Waals surface area contributed by atoms with E-state index in [0.29, 0.717) is 24.7 Å². The van der Waals surface area contributed by atoms with E-state index < -0.39 is 0 Å². The maximum atomic E-state index is 9.06. The molecule has 0 aromatic carbocycles. The molecule has 1 N–H and O–H groups in total. The van der Waals surface area contributed by atoms with Crippen LogP contribution in [0.4, 0.5) is 5.82 Å². The van der Waals surface area contributed by atoms with Crippen LogP contribution in [0.25, 0.3) is 10.9 Å². The normalized spacial score (nSPS) is 11.4. The molecule has 0 aliphatic rings. The molecular weight excluding hydrogens is 302 g/mol. The van der Waals surface area contributed by atoms with Crippen molar-refractivity contribution in [2.45, 2.75) is 20.5 Å². The predicted octanol–water partition coefficient (Wildman–Crippen LogP) is 3.18. The van der Waals surface area contributed by atoms with Crippen molar-refractivity contribution in [2.24, 2.45) is 4.99 Å². The van der Waals surface area contributed by atoms with Crippen LogP contribution in [0, 0.1) is 11.3 Å². The second kappa shape index (κ2) is 8.96. The minimum absolute atomic E-state index is 0.380. The Hall–Kier alpha value is -2.49. The summed E-state index contributed by atoms with van der Waals surface area (Å²) in [4.78, 5) is 14.0. The number of nitriles is 1. The van der Waals surface area contributed by atoms with Gasteiger partial charge in [-0.25, -0.2) is 9.98 Å². The van der Waals surface area contributed by atoms with Gasteiger partial charge < -0.3 is 14.6 Å². The molecule has 6 nitrogen and oxygen atoms in total. The van der Waals surface area contributed by atoms with E-state index in [0.717, 1.165) is 36.1 Å². The lowest BCUT2D eigenvalue weighted by atomic mass is 10.2. The van der Waals surface area contributed by atoms with E-state index in [9.17, 15) is 0 Å². The van der Waals surface area contributed by atoms with Crippen LogP contribution in [-0.4, -0.2) is 47.3 Å². The summed E-state index contributed by atoms with van der Waals surface area (Å²) in [6.45, 7) is 11.9. The van der Waals surface area contributed by atoms with Gasteiger partial charge in [0.2, 0.25) is 0 Å². The highest BCUT2D eigenvalue weighted by molar-refractivity contribution is 5.89. The van der Waals surface area contributed by atoms with Gasteiger partial charge in [-0.1, -0.05) is 26.5 Å². The zero-order valence-corrected chi connectivity index (χ0v) is 14.2. The maximum Gasteiger partial charge on any atom is 0.141 e. The van der Waals surface area contributed by atoms with Crippen molar-refractivity contribution in [3.05, 3.63) is 36.2 Å². The summed E-state index contributed by atoms with van der Waals surface area (Å²) in [5.41, 5.74) is 2.15. The largest absolute Gasteiger partial charge is 0.375 e. The molecule has 0 fully saturated rings. The zero-order chi connectivity index (χ0) is 17.4. The van der Waals surface area contributed by atoms with Gasteiger partial charge in [-0.3, -0.25) is 0 Å². The summed E-state index contributed by atoms with van der Waals surface area (Å²) in [5.74, 6) is 0.713. The van der Waals surface area contributed by atoms with Crippen molar-refractivity contribution in [1.82, 2.24) is 14.9 Å². The Kier molecular flexibility index (Phi) is 6.67. The minimum atomic E-state index is 0.380. The van der Waals surface area contributed by atoms with Crippen molar-refractivity contribution in [1.29, 1.82) is 5.26 Å². The van der Waals surface area contributed by atoms with Crippen molar-refractivity contribution in [2.75, 3.05) is 26.2 Å². The van der Waals surface area contributed by atoms with Gasteiger partial charge in [0.05, 0.1) is 24.9 Å². The number of fused-ring (bicyclic) bond motifs is 1. The van der Waals surface area contributed by atoms with Crippen LogP contribution >= 0.6 is 0 Å². The number of nitrogens with zero attached hydrogens (tertiary/aromatic N) is 4. The van der Waals surface area contributed by atoms with Crippen LogP contribution < -0.4 is 0 Å². The molecule has 0 bridgehead atoms. The topological polar surface area (TPSA) is 77.3 Å². The number of hydrogen-bond donors (Lipinski definition) is 1. The molecule has 2 rings (SSSR count). The molecule has 0 aliphatic heterocycles. The number of aromatic nitrogens is 2. The summed E-state index contributed by atoms with van der Waals surface area (Å²) in [6, 6.07) is 3.83. The number of ether oxygens (including phenoxy) is 1. The number of aliphatic imine (C=N–C) groups is 1. The monoisotopic (exact) mass is 325 g/mol. The molecule has 0 amide bonds. The van der Waals surface area contributed by atoms with E-state index in [2.05, 4.69) is 46.4 Å². The quantitative estimate of drug-likeness (QED) is 0.567. The third-order valence-corrected chi connectivity index (χ3v) is 3.88. The van der Waals surface area contributed by atoms with Crippen molar-refractivity contribution in [3.63, 3.8) is 0 Å². The highest BCUT2D eigenvalue weighted by atomic mass is 16.5. The third kappa shape index (κ3) is 4.28. The van der Waals surface area contributed by atoms with E-state index in [-0.39, 0.29) is 0 Å². The number of allylic oxidation sites excluding steroid dienone is 1. The van der Waals surface area contributed by atoms with Crippen LogP contribution in [0.2, 0.25) is 0 Å². The molecule has 0 saturated heterocycles. The molecule has 0 unspecified atom stereocenters. The fourth-order valence-corrected chi connectivity index (χ4v) is 2.49. The van der Waals surface area contributed by atoms with Crippen LogP contribution in [0.1, 0.15) is 25.1 Å². The molecule has 6 heteroatoms. The Morgan fingerprint density at radius 2 is 2.25 bits per heavy atom. The van der Waals surface area contributed by atoms with Gasteiger partial charge in [-0.2, -0.15) is 5.26 Å². The molecule has 2 heterocycles. The first-order chi connectivity index (χ1) is 11.7. The van der Waals surface area contributed by atoms with E-state index in [1.807, 2.05) is 0 Å². The van der Waals surface area contributed by atoms with Crippen molar-refractivity contribution >= 4 is 22.9 Å². The average Bonchev–Trinajstić information content (AvgIpc) is 2.96. The SMILES string of the molecule is C=C/C=N\c1[nH]c2cnc(C#N)cc2c1COCCN(CC)CC. The zero-order valence-electron chi connectivity index (χ0n) is 14.2. The second-order valence-electron chi connectivity index (χ2n) is 5.27. The standard InChI is InChI=1S/C18H23N5O/c1-4-7-20-18-16(13-24-9-8-23(5-2)6-3)15-10-14(11-19)21-12-17(15)22-18/h4,7,10,12,22H,1,5-6,8-9,13H2,2-3H3/b20-7-. The maximum absolute atomic E-state index is 9.06. The van der Waals surface area contributed by atoms with Gasteiger partial charge in [0.15, 0.2) is 0 Å². The molecule has 0 aliphatic carbocycles. The molecule has 2 aromatic rings. The van der Waals surface area contributed by atoms with Gasteiger partial charge in [0, 0.05) is 23.7 Å². The second-order valence-corrected chi connectivity index (χ2v) is 5.27.